The number of rotatable bonds is 6. The van der Waals surface area contributed by atoms with Gasteiger partial charge in [0, 0.05) is 23.9 Å². The maximum atomic E-state index is 11.0. The lowest BCUT2D eigenvalue weighted by Gasteiger charge is -2.40. The quantitative estimate of drug-likeness (QED) is 0.404. The van der Waals surface area contributed by atoms with Crippen LogP contribution in [-0.2, 0) is 4.74 Å². The molecule has 5 nitrogen and oxygen atoms in total. The highest BCUT2D eigenvalue weighted by Crippen LogP contribution is 2.40. The van der Waals surface area contributed by atoms with Gasteiger partial charge in [0.25, 0.3) is 0 Å². The first-order valence-electron chi connectivity index (χ1n) is 6.39. The molecule has 1 fully saturated rings. The van der Waals surface area contributed by atoms with E-state index in [0.717, 1.165) is 12.8 Å². The Morgan fingerprint density at radius 1 is 1.50 bits per heavy atom. The lowest BCUT2D eigenvalue weighted by atomic mass is 9.91. The second-order valence-corrected chi connectivity index (χ2v) is 6.62. The van der Waals surface area contributed by atoms with Gasteiger partial charge in [-0.25, -0.2) is 0 Å². The largest absolute Gasteiger partial charge is 0.480 e. The normalized spacial score (nSPS) is 25.1. The number of ether oxygens (including phenoxy) is 2. The lowest BCUT2D eigenvalue weighted by Crippen LogP contribution is -2.52. The summed E-state index contributed by atoms with van der Waals surface area (Å²) in [6, 6.07) is 4.79. The first kappa shape index (κ1) is 15.7. The Hall–Kier alpha value is -0.660. The molecule has 2 rings (SSSR count). The molecule has 1 aliphatic rings. The van der Waals surface area contributed by atoms with Gasteiger partial charge in [-0.3, -0.25) is 10.1 Å². The van der Waals surface area contributed by atoms with E-state index in [1.165, 1.54) is 6.07 Å². The molecule has 110 valence electrons. The van der Waals surface area contributed by atoms with Crippen molar-refractivity contribution in [3.05, 3.63) is 32.8 Å². The molecule has 7 heteroatoms. The third-order valence-electron chi connectivity index (χ3n) is 3.11. The van der Waals surface area contributed by atoms with Crippen LogP contribution in [0.15, 0.2) is 22.7 Å². The molecule has 0 amide bonds. The van der Waals surface area contributed by atoms with Gasteiger partial charge in [-0.05, 0) is 28.4 Å². The van der Waals surface area contributed by atoms with E-state index < -0.39 is 4.92 Å². The van der Waals surface area contributed by atoms with E-state index in [-0.39, 0.29) is 28.5 Å². The van der Waals surface area contributed by atoms with Crippen molar-refractivity contribution in [1.82, 2.24) is 0 Å². The van der Waals surface area contributed by atoms with E-state index in [1.807, 2.05) is 6.92 Å². The van der Waals surface area contributed by atoms with Gasteiger partial charge < -0.3 is 9.47 Å². The maximum absolute atomic E-state index is 11.0. The number of nitrogens with zero attached hydrogens (tertiary/aromatic N) is 1. The Kier molecular flexibility index (Phi) is 5.40. The summed E-state index contributed by atoms with van der Waals surface area (Å²) >= 11 is 6.83. The molecule has 1 saturated carbocycles. The second kappa shape index (κ2) is 6.87. The van der Waals surface area contributed by atoms with Crippen LogP contribution in [0.5, 0.6) is 5.75 Å². The Bertz CT molecular complexity index is 497. The molecular weight excluding hydrogens is 394 g/mol. The van der Waals surface area contributed by atoms with Crippen LogP contribution in [0.4, 0.5) is 5.69 Å². The van der Waals surface area contributed by atoms with Gasteiger partial charge in [0.2, 0.25) is 5.75 Å². The van der Waals surface area contributed by atoms with Crippen molar-refractivity contribution in [2.24, 2.45) is 0 Å². The number of hydrogen-bond donors (Lipinski definition) is 0. The predicted octanol–water partition coefficient (Wildman–Crippen LogP) is 4.07. The molecule has 0 radical (unpaired) electrons. The van der Waals surface area contributed by atoms with Crippen LogP contribution in [0, 0.1) is 10.1 Å². The van der Waals surface area contributed by atoms with Crippen molar-refractivity contribution in [3.8, 4) is 5.75 Å². The Morgan fingerprint density at radius 2 is 2.25 bits per heavy atom. The van der Waals surface area contributed by atoms with Crippen molar-refractivity contribution < 1.29 is 14.4 Å². The van der Waals surface area contributed by atoms with E-state index in [4.69, 9.17) is 9.47 Å². The maximum Gasteiger partial charge on any atom is 0.312 e. The summed E-state index contributed by atoms with van der Waals surface area (Å²) in [4.78, 5) is 10.8. The highest BCUT2D eigenvalue weighted by Gasteiger charge is 2.43. The van der Waals surface area contributed by atoms with Crippen LogP contribution in [0.1, 0.15) is 19.8 Å². The van der Waals surface area contributed by atoms with Crippen molar-refractivity contribution in [2.75, 3.05) is 6.61 Å². The third kappa shape index (κ3) is 3.32. The summed E-state index contributed by atoms with van der Waals surface area (Å²) in [5.41, 5.74) is -0.0355. The summed E-state index contributed by atoms with van der Waals surface area (Å²) in [6.07, 6.45) is 1.47. The molecule has 0 saturated heterocycles. The Morgan fingerprint density at radius 3 is 2.85 bits per heavy atom. The average Bonchev–Trinajstić information content (AvgIpc) is 2.40. The number of hydrogen-bond acceptors (Lipinski definition) is 4. The van der Waals surface area contributed by atoms with Crippen LogP contribution >= 0.6 is 31.9 Å². The van der Waals surface area contributed by atoms with Crippen LogP contribution in [0.2, 0.25) is 0 Å². The smallest absolute Gasteiger partial charge is 0.312 e. The van der Waals surface area contributed by atoms with Crippen molar-refractivity contribution >= 4 is 37.5 Å². The van der Waals surface area contributed by atoms with Gasteiger partial charge in [0.05, 0.1) is 9.40 Å². The molecular formula is C13H15Br2NO4. The second-order valence-electron chi connectivity index (χ2n) is 4.59. The van der Waals surface area contributed by atoms with Gasteiger partial charge in [0.15, 0.2) is 0 Å². The molecule has 0 aliphatic heterocycles. The third-order valence-corrected chi connectivity index (χ3v) is 4.63. The van der Waals surface area contributed by atoms with E-state index in [0.29, 0.717) is 11.1 Å². The van der Waals surface area contributed by atoms with E-state index in [9.17, 15) is 10.1 Å². The lowest BCUT2D eigenvalue weighted by molar-refractivity contribution is -0.386. The molecule has 1 aliphatic carbocycles. The molecule has 0 heterocycles. The summed E-state index contributed by atoms with van der Waals surface area (Å²) in [6.45, 7) is 2.70. The fraction of sp³-hybridized carbons (Fsp3) is 0.538. The number of alkyl halides is 1. The fourth-order valence-corrected chi connectivity index (χ4v) is 3.33. The molecule has 3 unspecified atom stereocenters. The van der Waals surface area contributed by atoms with Gasteiger partial charge in [-0.2, -0.15) is 0 Å². The summed E-state index contributed by atoms with van der Waals surface area (Å²) in [7, 11) is 0. The standard InChI is InChI=1S/C13H15Br2NO4/c1-2-6-19-13-9(15)7-11(13)20-12-8(14)4-3-5-10(12)16(17)18/h3-5,9,11,13H,2,6-7H2,1H3. The van der Waals surface area contributed by atoms with Crippen molar-refractivity contribution in [2.45, 2.75) is 36.8 Å². The van der Waals surface area contributed by atoms with Gasteiger partial charge in [-0.1, -0.05) is 28.9 Å². The number of halogens is 2. The van der Waals surface area contributed by atoms with Gasteiger partial charge >= 0.3 is 5.69 Å². The highest BCUT2D eigenvalue weighted by molar-refractivity contribution is 9.10. The Balaban J connectivity index is 2.12. The molecule has 20 heavy (non-hydrogen) atoms. The zero-order chi connectivity index (χ0) is 14.7. The summed E-state index contributed by atoms with van der Waals surface area (Å²) in [5, 5.41) is 11.0. The topological polar surface area (TPSA) is 61.6 Å². The van der Waals surface area contributed by atoms with Crippen LogP contribution in [0.25, 0.3) is 0 Å². The zero-order valence-corrected chi connectivity index (χ0v) is 14.1. The van der Waals surface area contributed by atoms with E-state index >= 15 is 0 Å². The first-order valence-corrected chi connectivity index (χ1v) is 8.10. The first-order chi connectivity index (χ1) is 9.54. The Labute approximate surface area is 134 Å². The zero-order valence-electron chi connectivity index (χ0n) is 10.9. The fourth-order valence-electron chi connectivity index (χ4n) is 2.02. The molecule has 3 atom stereocenters. The molecule has 1 aromatic rings. The number of nitro benzene ring substituents is 1. The number of para-hydroxylation sites is 1. The minimum atomic E-state index is -0.438. The average molecular weight is 409 g/mol. The van der Waals surface area contributed by atoms with Crippen LogP contribution < -0.4 is 4.74 Å². The van der Waals surface area contributed by atoms with Crippen LogP contribution in [-0.4, -0.2) is 28.6 Å². The van der Waals surface area contributed by atoms with Crippen LogP contribution in [0.3, 0.4) is 0 Å². The monoisotopic (exact) mass is 407 g/mol. The molecule has 0 N–H and O–H groups in total. The van der Waals surface area contributed by atoms with Crippen molar-refractivity contribution in [3.63, 3.8) is 0 Å². The summed E-state index contributed by atoms with van der Waals surface area (Å²) in [5.74, 6) is 0.270. The molecule has 0 spiro atoms. The molecule has 0 bridgehead atoms. The highest BCUT2D eigenvalue weighted by atomic mass is 79.9. The van der Waals surface area contributed by atoms with Crippen molar-refractivity contribution in [1.29, 1.82) is 0 Å². The molecule has 1 aromatic carbocycles. The van der Waals surface area contributed by atoms with Gasteiger partial charge in [0.1, 0.15) is 12.2 Å². The minimum Gasteiger partial charge on any atom is -0.480 e. The SMILES string of the molecule is CCCOC1C(Br)CC1Oc1c(Br)cccc1[N+](=O)[O-]. The number of nitro groups is 1. The number of benzene rings is 1. The van der Waals surface area contributed by atoms with Gasteiger partial charge in [-0.15, -0.1) is 0 Å². The van der Waals surface area contributed by atoms with E-state index in [2.05, 4.69) is 31.9 Å². The molecule has 0 aromatic heterocycles. The van der Waals surface area contributed by atoms with E-state index in [1.54, 1.807) is 12.1 Å². The summed E-state index contributed by atoms with van der Waals surface area (Å²) < 4.78 is 12.1. The predicted molar refractivity (Wildman–Crippen MR) is 82.6 cm³/mol. The minimum absolute atomic E-state index is 0.0355.